The predicted molar refractivity (Wildman–Crippen MR) is 111 cm³/mol. The van der Waals surface area contributed by atoms with Crippen molar-refractivity contribution in [2.45, 2.75) is 89.4 Å². The van der Waals surface area contributed by atoms with E-state index < -0.39 is 9.84 Å². The molecule has 0 saturated carbocycles. The molecule has 0 radical (unpaired) electrons. The van der Waals surface area contributed by atoms with E-state index in [1.54, 1.807) is 12.1 Å². The van der Waals surface area contributed by atoms with Gasteiger partial charge in [-0.15, -0.1) is 0 Å². The summed E-state index contributed by atoms with van der Waals surface area (Å²) in [5.74, 6) is 0.411. The molecule has 3 heteroatoms. The van der Waals surface area contributed by atoms with Crippen LogP contribution in [0.2, 0.25) is 0 Å². The smallest absolute Gasteiger partial charge is 0.178 e. The number of sulfone groups is 1. The summed E-state index contributed by atoms with van der Waals surface area (Å²) in [4.78, 5) is 0.461. The van der Waals surface area contributed by atoms with E-state index in [1.807, 2.05) is 19.1 Å². The molecule has 26 heavy (non-hydrogen) atoms. The summed E-state index contributed by atoms with van der Waals surface area (Å²) in [6, 6.07) is 7.25. The Bertz CT molecular complexity index is 656. The third-order valence-corrected chi connectivity index (χ3v) is 7.38. The largest absolute Gasteiger partial charge is 0.224 e. The van der Waals surface area contributed by atoms with E-state index in [4.69, 9.17) is 0 Å². The van der Waals surface area contributed by atoms with Crippen LogP contribution in [0.15, 0.2) is 40.8 Å². The zero-order chi connectivity index (χ0) is 18.8. The second-order valence-corrected chi connectivity index (χ2v) is 10.2. The van der Waals surface area contributed by atoms with Crippen LogP contribution < -0.4 is 0 Å². The number of rotatable bonds is 5. The predicted octanol–water partition coefficient (Wildman–Crippen LogP) is 6.64. The molecule has 1 aliphatic rings. The quantitative estimate of drug-likeness (QED) is 0.540. The molecule has 1 aromatic carbocycles. The van der Waals surface area contributed by atoms with Crippen molar-refractivity contribution in [3.8, 4) is 0 Å². The zero-order valence-corrected chi connectivity index (χ0v) is 17.5. The van der Waals surface area contributed by atoms with Crippen LogP contribution in [-0.4, -0.2) is 14.2 Å². The molecule has 0 aromatic heterocycles. The van der Waals surface area contributed by atoms with Gasteiger partial charge in [-0.1, -0.05) is 74.8 Å². The second-order valence-electron chi connectivity index (χ2n) is 8.13. The van der Waals surface area contributed by atoms with Gasteiger partial charge in [-0.2, -0.15) is 0 Å². The molecule has 0 heterocycles. The summed E-state index contributed by atoms with van der Waals surface area (Å²) in [6.45, 7) is 4.07. The van der Waals surface area contributed by atoms with Crippen molar-refractivity contribution in [1.82, 2.24) is 0 Å². The molecule has 2 rings (SSSR count). The maximum atomic E-state index is 12.7. The molecule has 0 spiro atoms. The van der Waals surface area contributed by atoms with Gasteiger partial charge in [0.05, 0.1) is 10.6 Å². The molecule has 146 valence electrons. The maximum Gasteiger partial charge on any atom is 0.178 e. The molecule has 0 fully saturated rings. The number of aryl methyl sites for hydroxylation is 1. The van der Waals surface area contributed by atoms with Crippen LogP contribution in [0.1, 0.15) is 83.1 Å². The minimum absolute atomic E-state index is 0.167. The lowest BCUT2D eigenvalue weighted by molar-refractivity contribution is 0.542. The summed E-state index contributed by atoms with van der Waals surface area (Å²) in [5.41, 5.74) is 2.58. The first-order valence-electron chi connectivity index (χ1n) is 10.4. The van der Waals surface area contributed by atoms with Crippen LogP contribution in [0.5, 0.6) is 0 Å². The summed E-state index contributed by atoms with van der Waals surface area (Å²) in [6.07, 6.45) is 16.3. The van der Waals surface area contributed by atoms with E-state index in [0.717, 1.165) is 24.8 Å². The van der Waals surface area contributed by atoms with E-state index in [9.17, 15) is 8.42 Å². The normalized spacial score (nSPS) is 19.1. The van der Waals surface area contributed by atoms with Gasteiger partial charge < -0.3 is 0 Å². The Morgan fingerprint density at radius 3 is 2.12 bits per heavy atom. The topological polar surface area (TPSA) is 34.1 Å². The lowest BCUT2D eigenvalue weighted by Gasteiger charge is -2.16. The summed E-state index contributed by atoms with van der Waals surface area (Å²) in [7, 11) is -3.19. The van der Waals surface area contributed by atoms with E-state index in [0.29, 0.717) is 4.90 Å². The van der Waals surface area contributed by atoms with Gasteiger partial charge in [-0.05, 0) is 57.1 Å². The molecule has 0 N–H and O–H groups in total. The number of benzene rings is 1. The van der Waals surface area contributed by atoms with Gasteiger partial charge >= 0.3 is 0 Å². The third-order valence-electron chi connectivity index (χ3n) is 5.38. The molecule has 2 nitrogen and oxygen atoms in total. The molecule has 0 bridgehead atoms. The van der Waals surface area contributed by atoms with E-state index in [2.05, 4.69) is 13.0 Å². The van der Waals surface area contributed by atoms with E-state index in [-0.39, 0.29) is 11.7 Å². The molecular weight excluding hydrogens is 340 g/mol. The summed E-state index contributed by atoms with van der Waals surface area (Å²) >= 11 is 0. The van der Waals surface area contributed by atoms with Crippen LogP contribution in [-0.2, 0) is 9.84 Å². The van der Waals surface area contributed by atoms with Crippen LogP contribution >= 0.6 is 0 Å². The van der Waals surface area contributed by atoms with E-state index in [1.165, 1.54) is 56.9 Å². The number of hydrogen-bond acceptors (Lipinski definition) is 2. The van der Waals surface area contributed by atoms with Gasteiger partial charge in [-0.3, -0.25) is 0 Å². The Hall–Kier alpha value is -1.09. The fourth-order valence-corrected chi connectivity index (χ4v) is 5.48. The second kappa shape index (κ2) is 10.9. The average Bonchev–Trinajstić information content (AvgIpc) is 2.57. The molecule has 1 aliphatic carbocycles. The Balaban J connectivity index is 1.94. The Morgan fingerprint density at radius 2 is 1.46 bits per heavy atom. The SMILES string of the molecule is Cc1ccc(S(=O)(=O)CC(C)CC2=CCCCCCCCCCC2)cc1. The van der Waals surface area contributed by atoms with Crippen molar-refractivity contribution in [3.63, 3.8) is 0 Å². The highest BCUT2D eigenvalue weighted by atomic mass is 32.2. The molecule has 1 atom stereocenters. The van der Waals surface area contributed by atoms with Gasteiger partial charge in [0.2, 0.25) is 0 Å². The van der Waals surface area contributed by atoms with Crippen LogP contribution in [0.3, 0.4) is 0 Å². The van der Waals surface area contributed by atoms with E-state index >= 15 is 0 Å². The molecule has 0 aliphatic heterocycles. The average molecular weight is 377 g/mol. The number of allylic oxidation sites excluding steroid dienone is 2. The van der Waals surface area contributed by atoms with Crippen molar-refractivity contribution in [3.05, 3.63) is 41.5 Å². The van der Waals surface area contributed by atoms with Crippen molar-refractivity contribution < 1.29 is 8.42 Å². The highest BCUT2D eigenvalue weighted by Crippen LogP contribution is 2.24. The van der Waals surface area contributed by atoms with Crippen molar-refractivity contribution in [2.75, 3.05) is 5.75 Å². The highest BCUT2D eigenvalue weighted by molar-refractivity contribution is 7.91. The van der Waals surface area contributed by atoms with Gasteiger partial charge in [0.1, 0.15) is 0 Å². The lowest BCUT2D eigenvalue weighted by atomic mass is 9.95. The summed E-state index contributed by atoms with van der Waals surface area (Å²) in [5, 5.41) is 0. The van der Waals surface area contributed by atoms with Crippen LogP contribution in [0, 0.1) is 12.8 Å². The minimum Gasteiger partial charge on any atom is -0.224 e. The third kappa shape index (κ3) is 7.65. The zero-order valence-electron chi connectivity index (χ0n) is 16.7. The van der Waals surface area contributed by atoms with Crippen molar-refractivity contribution >= 4 is 9.84 Å². The highest BCUT2D eigenvalue weighted by Gasteiger charge is 2.19. The standard InChI is InChI=1S/C23H36O2S/c1-20-14-16-23(17-15-20)26(24,25)19-21(2)18-22-12-10-8-6-4-3-5-7-9-11-13-22/h12,14-17,21H,3-11,13,18-19H2,1-2H3. The lowest BCUT2D eigenvalue weighted by Crippen LogP contribution is -2.15. The fraction of sp³-hybridized carbons (Fsp3) is 0.652. The molecular formula is C23H36O2S. The molecule has 0 amide bonds. The Morgan fingerprint density at radius 1 is 0.885 bits per heavy atom. The first-order valence-corrected chi connectivity index (χ1v) is 12.1. The fourth-order valence-electron chi connectivity index (χ4n) is 3.87. The van der Waals surface area contributed by atoms with Gasteiger partial charge in [-0.25, -0.2) is 8.42 Å². The Labute approximate surface area is 161 Å². The first-order chi connectivity index (χ1) is 12.5. The minimum atomic E-state index is -3.19. The number of hydrogen-bond donors (Lipinski definition) is 0. The van der Waals surface area contributed by atoms with Gasteiger partial charge in [0.25, 0.3) is 0 Å². The molecule has 1 unspecified atom stereocenters. The summed E-state index contributed by atoms with van der Waals surface area (Å²) < 4.78 is 25.4. The maximum absolute atomic E-state index is 12.7. The van der Waals surface area contributed by atoms with Gasteiger partial charge in [0, 0.05) is 0 Å². The first kappa shape index (κ1) is 21.2. The van der Waals surface area contributed by atoms with Crippen LogP contribution in [0.25, 0.3) is 0 Å². The van der Waals surface area contributed by atoms with Crippen molar-refractivity contribution in [2.24, 2.45) is 5.92 Å². The Kier molecular flexibility index (Phi) is 8.90. The van der Waals surface area contributed by atoms with Crippen LogP contribution in [0.4, 0.5) is 0 Å². The molecule has 1 aromatic rings. The van der Waals surface area contributed by atoms with Crippen molar-refractivity contribution in [1.29, 1.82) is 0 Å². The van der Waals surface area contributed by atoms with Gasteiger partial charge in [0.15, 0.2) is 9.84 Å². The monoisotopic (exact) mass is 376 g/mol. The molecule has 0 saturated heterocycles.